The van der Waals surface area contributed by atoms with Gasteiger partial charge in [-0.3, -0.25) is 9.89 Å². The van der Waals surface area contributed by atoms with Crippen molar-refractivity contribution in [1.82, 2.24) is 10.2 Å². The predicted molar refractivity (Wildman–Crippen MR) is 87.8 cm³/mol. The van der Waals surface area contributed by atoms with Gasteiger partial charge in [-0.25, -0.2) is 4.39 Å². The lowest BCUT2D eigenvalue weighted by Gasteiger charge is -2.26. The van der Waals surface area contributed by atoms with Crippen LogP contribution in [0.15, 0.2) is 30.5 Å². The Morgan fingerprint density at radius 3 is 2.87 bits per heavy atom. The number of hydrogen-bond donors (Lipinski definition) is 1. The summed E-state index contributed by atoms with van der Waals surface area (Å²) < 4.78 is 18.0. The minimum absolute atomic E-state index is 0.0640. The molecule has 23 heavy (non-hydrogen) atoms. The van der Waals surface area contributed by atoms with E-state index in [9.17, 15) is 9.18 Å². The number of ether oxygens (including phenoxy) is 1. The van der Waals surface area contributed by atoms with Gasteiger partial charge in [0.15, 0.2) is 0 Å². The number of aromatic nitrogens is 2. The summed E-state index contributed by atoms with van der Waals surface area (Å²) in [5.74, 6) is 0.0436. The number of aryl methyl sites for hydroxylation is 1. The number of halogens is 2. The first-order chi connectivity index (χ1) is 11.2. The first-order valence-corrected chi connectivity index (χ1v) is 7.90. The molecule has 0 aliphatic rings. The van der Waals surface area contributed by atoms with Gasteiger partial charge in [-0.2, -0.15) is 5.10 Å². The van der Waals surface area contributed by atoms with E-state index in [1.165, 1.54) is 4.90 Å². The van der Waals surface area contributed by atoms with Crippen LogP contribution in [0.1, 0.15) is 18.2 Å². The lowest BCUT2D eigenvalue weighted by molar-refractivity contribution is -0.116. The fourth-order valence-electron chi connectivity index (χ4n) is 2.33. The molecule has 0 saturated heterocycles. The van der Waals surface area contributed by atoms with Crippen molar-refractivity contribution in [2.45, 2.75) is 19.9 Å². The van der Waals surface area contributed by atoms with Crippen molar-refractivity contribution < 1.29 is 13.9 Å². The number of hydrogen-bond acceptors (Lipinski definition) is 3. The number of para-hydroxylation sites is 1. The van der Waals surface area contributed by atoms with Gasteiger partial charge in [0.1, 0.15) is 24.9 Å². The Kier molecular flexibility index (Phi) is 6.40. The molecule has 0 radical (unpaired) electrons. The van der Waals surface area contributed by atoms with Crippen LogP contribution in [0.25, 0.3) is 0 Å². The van der Waals surface area contributed by atoms with Crippen LogP contribution in [0, 0.1) is 0 Å². The second-order valence-corrected chi connectivity index (χ2v) is 5.10. The number of carbonyl (C=O) groups excluding carboxylic acids is 1. The standard InChI is InChI=1S/C16H19ClFN3O2/c1-2-12-4-3-5-14(23-9-7-18)16(12)21(15(22)10-17)11-13-6-8-19-20-13/h3-6,8H,2,7,9-11H2,1H3,(H,19,20). The number of H-pyrrole nitrogens is 1. The molecule has 0 fully saturated rings. The van der Waals surface area contributed by atoms with Crippen LogP contribution < -0.4 is 9.64 Å². The molecule has 1 aromatic heterocycles. The highest BCUT2D eigenvalue weighted by molar-refractivity contribution is 6.29. The lowest BCUT2D eigenvalue weighted by atomic mass is 10.1. The Morgan fingerprint density at radius 2 is 2.26 bits per heavy atom. The maximum Gasteiger partial charge on any atom is 0.242 e. The predicted octanol–water partition coefficient (Wildman–Crippen LogP) is 3.09. The van der Waals surface area contributed by atoms with Crippen molar-refractivity contribution in [3.63, 3.8) is 0 Å². The van der Waals surface area contributed by atoms with Gasteiger partial charge >= 0.3 is 0 Å². The molecule has 0 aliphatic heterocycles. The second-order valence-electron chi connectivity index (χ2n) is 4.83. The Labute approximate surface area is 139 Å². The van der Waals surface area contributed by atoms with Crippen LogP contribution in [0.2, 0.25) is 0 Å². The molecule has 0 aliphatic carbocycles. The number of rotatable bonds is 8. The van der Waals surface area contributed by atoms with E-state index >= 15 is 0 Å². The molecule has 2 rings (SSSR count). The SMILES string of the molecule is CCc1cccc(OCCF)c1N(Cc1cc[nH]n1)C(=O)CCl. The van der Waals surface area contributed by atoms with Crippen LogP contribution in [0.3, 0.4) is 0 Å². The van der Waals surface area contributed by atoms with Gasteiger partial charge in [-0.05, 0) is 24.1 Å². The minimum atomic E-state index is -0.599. The van der Waals surface area contributed by atoms with Crippen LogP contribution in [-0.4, -0.2) is 35.3 Å². The summed E-state index contributed by atoms with van der Waals surface area (Å²) in [5, 5.41) is 6.80. The van der Waals surface area contributed by atoms with E-state index < -0.39 is 6.67 Å². The second kappa shape index (κ2) is 8.53. The van der Waals surface area contributed by atoms with E-state index in [2.05, 4.69) is 10.2 Å². The van der Waals surface area contributed by atoms with Gasteiger partial charge in [0.05, 0.1) is 17.9 Å². The highest BCUT2D eigenvalue weighted by atomic mass is 35.5. The molecule has 7 heteroatoms. The third kappa shape index (κ3) is 4.22. The highest BCUT2D eigenvalue weighted by Gasteiger charge is 2.22. The van der Waals surface area contributed by atoms with Crippen molar-refractivity contribution in [2.75, 3.05) is 24.1 Å². The average Bonchev–Trinajstić information content (AvgIpc) is 3.10. The van der Waals surface area contributed by atoms with E-state index in [0.29, 0.717) is 23.6 Å². The molecule has 0 bridgehead atoms. The summed E-state index contributed by atoms with van der Waals surface area (Å²) in [6.07, 6.45) is 2.39. The molecule has 0 unspecified atom stereocenters. The Morgan fingerprint density at radius 1 is 1.43 bits per heavy atom. The maximum absolute atomic E-state index is 12.5. The van der Waals surface area contributed by atoms with Crippen molar-refractivity contribution in [1.29, 1.82) is 0 Å². The van der Waals surface area contributed by atoms with Crippen molar-refractivity contribution in [2.24, 2.45) is 0 Å². The van der Waals surface area contributed by atoms with Crippen LogP contribution in [-0.2, 0) is 17.8 Å². The molecular weight excluding hydrogens is 321 g/mol. The zero-order chi connectivity index (χ0) is 16.7. The van der Waals surface area contributed by atoms with Crippen molar-refractivity contribution >= 4 is 23.2 Å². The lowest BCUT2D eigenvalue weighted by Crippen LogP contribution is -2.33. The third-order valence-electron chi connectivity index (χ3n) is 3.36. The van der Waals surface area contributed by atoms with E-state index in [1.807, 2.05) is 19.1 Å². The van der Waals surface area contributed by atoms with Gasteiger partial charge in [0.25, 0.3) is 0 Å². The smallest absolute Gasteiger partial charge is 0.242 e. The summed E-state index contributed by atoms with van der Waals surface area (Å²) in [5.41, 5.74) is 2.25. The summed E-state index contributed by atoms with van der Waals surface area (Å²) in [6, 6.07) is 7.25. The minimum Gasteiger partial charge on any atom is -0.489 e. The highest BCUT2D eigenvalue weighted by Crippen LogP contribution is 2.34. The number of nitrogens with one attached hydrogen (secondary N) is 1. The van der Waals surface area contributed by atoms with Gasteiger partial charge in [-0.1, -0.05) is 19.1 Å². The van der Waals surface area contributed by atoms with Crippen molar-refractivity contribution in [3.05, 3.63) is 41.7 Å². The monoisotopic (exact) mass is 339 g/mol. The number of benzene rings is 1. The molecule has 5 nitrogen and oxygen atoms in total. The zero-order valence-electron chi connectivity index (χ0n) is 12.9. The molecular formula is C16H19ClFN3O2. The number of alkyl halides is 2. The van der Waals surface area contributed by atoms with E-state index in [-0.39, 0.29) is 24.9 Å². The van der Waals surface area contributed by atoms with Gasteiger partial charge in [-0.15, -0.1) is 11.6 Å². The molecule has 1 aromatic carbocycles. The molecule has 0 spiro atoms. The van der Waals surface area contributed by atoms with E-state index in [4.69, 9.17) is 16.3 Å². The number of carbonyl (C=O) groups is 1. The molecule has 2 aromatic rings. The molecule has 124 valence electrons. The first-order valence-electron chi connectivity index (χ1n) is 7.36. The first kappa shape index (κ1) is 17.3. The fourth-order valence-corrected chi connectivity index (χ4v) is 2.47. The maximum atomic E-state index is 12.5. The number of aromatic amines is 1. The van der Waals surface area contributed by atoms with Crippen LogP contribution >= 0.6 is 11.6 Å². The number of nitrogens with zero attached hydrogens (tertiary/aromatic N) is 2. The Hall–Kier alpha value is -2.08. The average molecular weight is 340 g/mol. The van der Waals surface area contributed by atoms with Gasteiger partial charge < -0.3 is 9.64 Å². The van der Waals surface area contributed by atoms with Gasteiger partial charge in [0.2, 0.25) is 5.91 Å². The molecule has 1 N–H and O–H groups in total. The number of amides is 1. The largest absolute Gasteiger partial charge is 0.489 e. The number of anilines is 1. The normalized spacial score (nSPS) is 10.6. The molecule has 0 atom stereocenters. The van der Waals surface area contributed by atoms with Crippen LogP contribution in [0.4, 0.5) is 10.1 Å². The fraction of sp³-hybridized carbons (Fsp3) is 0.375. The van der Waals surface area contributed by atoms with E-state index in [1.54, 1.807) is 18.3 Å². The molecule has 1 heterocycles. The van der Waals surface area contributed by atoms with Crippen molar-refractivity contribution in [3.8, 4) is 5.75 Å². The summed E-state index contributed by atoms with van der Waals surface area (Å²) in [4.78, 5) is 13.9. The quantitative estimate of drug-likeness (QED) is 0.752. The van der Waals surface area contributed by atoms with Gasteiger partial charge in [0, 0.05) is 6.20 Å². The zero-order valence-corrected chi connectivity index (χ0v) is 13.6. The third-order valence-corrected chi connectivity index (χ3v) is 3.59. The molecule has 0 saturated carbocycles. The summed E-state index contributed by atoms with van der Waals surface area (Å²) in [6.45, 7) is 1.58. The topological polar surface area (TPSA) is 58.2 Å². The Bertz CT molecular complexity index is 634. The molecule has 1 amide bonds. The Balaban J connectivity index is 2.44. The summed E-state index contributed by atoms with van der Waals surface area (Å²) in [7, 11) is 0. The van der Waals surface area contributed by atoms with Crippen LogP contribution in [0.5, 0.6) is 5.75 Å². The van der Waals surface area contributed by atoms with E-state index in [0.717, 1.165) is 5.56 Å². The summed E-state index contributed by atoms with van der Waals surface area (Å²) >= 11 is 5.77.